The van der Waals surface area contributed by atoms with E-state index < -0.39 is 5.41 Å². The van der Waals surface area contributed by atoms with Gasteiger partial charge in [0.05, 0.1) is 51.4 Å². The van der Waals surface area contributed by atoms with Crippen molar-refractivity contribution in [1.29, 1.82) is 0 Å². The molecule has 332 valence electrons. The smallest absolute Gasteiger partial charge is 0.119 e. The van der Waals surface area contributed by atoms with Gasteiger partial charge in [0.25, 0.3) is 0 Å². The van der Waals surface area contributed by atoms with Gasteiger partial charge in [-0.15, -0.1) is 45.3 Å². The van der Waals surface area contributed by atoms with Crippen LogP contribution >= 0.6 is 45.3 Å². The molecule has 0 amide bonds. The Hall–Kier alpha value is -5.12. The lowest BCUT2D eigenvalue weighted by atomic mass is 9.72. The minimum atomic E-state index is -0.471. The molecule has 4 aromatic carbocycles. The van der Waals surface area contributed by atoms with E-state index >= 15 is 0 Å². The van der Waals surface area contributed by atoms with Crippen molar-refractivity contribution in [2.24, 2.45) is 0 Å². The van der Waals surface area contributed by atoms with Gasteiger partial charge in [-0.2, -0.15) is 0 Å². The van der Waals surface area contributed by atoms with Crippen LogP contribution in [0.4, 0.5) is 0 Å². The molecule has 1 spiro atoms. The average molecular weight is 933 g/mol. The molecule has 0 radical (unpaired) electrons. The molecular formula is C57H56O4S4. The van der Waals surface area contributed by atoms with Crippen LogP contribution in [-0.2, 0) is 5.41 Å². The van der Waals surface area contributed by atoms with E-state index in [4.69, 9.17) is 18.9 Å². The Morgan fingerprint density at radius 3 is 0.738 bits per heavy atom. The molecule has 4 aromatic heterocycles. The summed E-state index contributed by atoms with van der Waals surface area (Å²) in [6.07, 6.45) is 8.69. The fourth-order valence-corrected chi connectivity index (χ4v) is 14.2. The van der Waals surface area contributed by atoms with E-state index in [-0.39, 0.29) is 0 Å². The van der Waals surface area contributed by atoms with Crippen molar-refractivity contribution >= 4 is 45.3 Å². The summed E-state index contributed by atoms with van der Waals surface area (Å²) in [5, 5.41) is 0. The lowest BCUT2D eigenvalue weighted by Gasteiger charge is -2.27. The third kappa shape index (κ3) is 8.37. The summed E-state index contributed by atoms with van der Waals surface area (Å²) >= 11 is 7.73. The lowest BCUT2D eigenvalue weighted by Crippen LogP contribution is -2.24. The summed E-state index contributed by atoms with van der Waals surface area (Å²) in [6.45, 7) is 11.8. The standard InChI is InChI=1S/C57H56O4S4/c1-5-9-29-58-41-21-13-37(14-22-41)49-33-45-53(62-49)54-46(34-50(63-54)38-15-23-42(24-16-38)59-30-10-6-2)57(45)47-35-51(39-17-25-43(26-18-39)60-31-11-7-3)64-55(47)56-48(57)36-52(65-56)40-19-27-44(28-20-40)61-32-12-8-4/h13-28,33-36H,5-12,29-32H2,1-4H3. The van der Waals surface area contributed by atoms with Gasteiger partial charge >= 0.3 is 0 Å². The molecule has 0 aliphatic heterocycles. The zero-order valence-corrected chi connectivity index (χ0v) is 41.1. The zero-order valence-electron chi connectivity index (χ0n) is 37.8. The average Bonchev–Trinajstić information content (AvgIpc) is 4.20. The maximum absolute atomic E-state index is 6.10. The lowest BCUT2D eigenvalue weighted by molar-refractivity contribution is 0.309. The van der Waals surface area contributed by atoms with Gasteiger partial charge < -0.3 is 18.9 Å². The van der Waals surface area contributed by atoms with E-state index in [0.717, 1.165) is 101 Å². The van der Waals surface area contributed by atoms with Crippen molar-refractivity contribution in [2.45, 2.75) is 84.5 Å². The molecule has 65 heavy (non-hydrogen) atoms. The van der Waals surface area contributed by atoms with Gasteiger partial charge in [-0.25, -0.2) is 0 Å². The fourth-order valence-electron chi connectivity index (χ4n) is 8.99. The quantitative estimate of drug-likeness (QED) is 0.0714. The highest BCUT2D eigenvalue weighted by Gasteiger charge is 2.55. The Kier molecular flexibility index (Phi) is 13.0. The highest BCUT2D eigenvalue weighted by atomic mass is 32.1. The Bertz CT molecular complexity index is 2460. The molecule has 0 saturated carbocycles. The molecule has 0 fully saturated rings. The van der Waals surface area contributed by atoms with Crippen molar-refractivity contribution in [1.82, 2.24) is 0 Å². The SMILES string of the molecule is CCCCOc1ccc(-c2cc3c(s2)-c2sc(-c4ccc(OCCCC)cc4)cc2C32c3cc(-c4ccc(OCCCC)cc4)sc3-c3sc(-c4ccc(OCCCC)cc4)cc32)cc1. The van der Waals surface area contributed by atoms with E-state index in [9.17, 15) is 0 Å². The van der Waals surface area contributed by atoms with Crippen molar-refractivity contribution in [3.8, 4) is 84.3 Å². The summed E-state index contributed by atoms with van der Waals surface area (Å²) < 4.78 is 24.4. The first kappa shape index (κ1) is 43.8. The number of thiophene rings is 4. The minimum Gasteiger partial charge on any atom is -0.494 e. The van der Waals surface area contributed by atoms with Crippen LogP contribution in [0.5, 0.6) is 23.0 Å². The molecule has 0 bridgehead atoms. The van der Waals surface area contributed by atoms with Crippen molar-refractivity contribution < 1.29 is 18.9 Å². The molecule has 0 atom stereocenters. The van der Waals surface area contributed by atoms with Gasteiger partial charge in [-0.1, -0.05) is 53.4 Å². The summed E-state index contributed by atoms with van der Waals surface area (Å²) in [4.78, 5) is 10.6. The minimum absolute atomic E-state index is 0.471. The normalized spacial score (nSPS) is 12.9. The van der Waals surface area contributed by atoms with Gasteiger partial charge in [0, 0.05) is 19.5 Å². The number of hydrogen-bond acceptors (Lipinski definition) is 8. The third-order valence-corrected chi connectivity index (χ3v) is 17.6. The first-order valence-corrected chi connectivity index (χ1v) is 26.8. The zero-order chi connectivity index (χ0) is 44.3. The van der Waals surface area contributed by atoms with Crippen LogP contribution in [0.2, 0.25) is 0 Å². The molecule has 8 heteroatoms. The number of rotatable bonds is 20. The van der Waals surface area contributed by atoms with Gasteiger partial charge in [0.2, 0.25) is 0 Å². The van der Waals surface area contributed by atoms with Gasteiger partial charge in [0.1, 0.15) is 23.0 Å². The molecule has 0 unspecified atom stereocenters. The second-order valence-electron chi connectivity index (χ2n) is 17.1. The molecule has 4 nitrogen and oxygen atoms in total. The van der Waals surface area contributed by atoms with E-state index in [2.05, 4.69) is 149 Å². The topological polar surface area (TPSA) is 36.9 Å². The third-order valence-electron chi connectivity index (χ3n) is 12.6. The van der Waals surface area contributed by atoms with Crippen LogP contribution in [0.15, 0.2) is 121 Å². The Labute approximate surface area is 400 Å². The highest BCUT2D eigenvalue weighted by Crippen LogP contribution is 2.70. The molecule has 2 aliphatic rings. The van der Waals surface area contributed by atoms with E-state index in [0.29, 0.717) is 0 Å². The predicted molar refractivity (Wildman–Crippen MR) is 278 cm³/mol. The monoisotopic (exact) mass is 932 g/mol. The van der Waals surface area contributed by atoms with Crippen molar-refractivity contribution in [2.75, 3.05) is 26.4 Å². The van der Waals surface area contributed by atoms with Gasteiger partial charge in [0.15, 0.2) is 0 Å². The first-order chi connectivity index (χ1) is 32.0. The van der Waals surface area contributed by atoms with E-state index in [1.165, 1.54) is 83.5 Å². The van der Waals surface area contributed by atoms with Crippen molar-refractivity contribution in [3.05, 3.63) is 144 Å². The summed E-state index contributed by atoms with van der Waals surface area (Å²) in [6, 6.07) is 45.1. The molecule has 0 N–H and O–H groups in total. The van der Waals surface area contributed by atoms with Crippen LogP contribution in [0.1, 0.15) is 101 Å². The maximum Gasteiger partial charge on any atom is 0.119 e. The maximum atomic E-state index is 6.10. The fraction of sp³-hybridized carbons (Fsp3) is 0.298. The van der Waals surface area contributed by atoms with E-state index in [1.54, 1.807) is 0 Å². The molecule has 2 aliphatic carbocycles. The first-order valence-electron chi connectivity index (χ1n) is 23.5. The predicted octanol–water partition coefficient (Wildman–Crippen LogP) is 17.7. The molecule has 0 saturated heterocycles. The van der Waals surface area contributed by atoms with Crippen LogP contribution < -0.4 is 18.9 Å². The summed E-state index contributed by atoms with van der Waals surface area (Å²) in [5.41, 5.74) is 9.97. The molecule has 10 rings (SSSR count). The second-order valence-corrected chi connectivity index (χ2v) is 21.3. The molecular weight excluding hydrogens is 877 g/mol. The number of ether oxygens (including phenoxy) is 4. The van der Waals surface area contributed by atoms with Gasteiger partial charge in [-0.05, 0) is 192 Å². The van der Waals surface area contributed by atoms with Crippen LogP contribution in [-0.4, -0.2) is 26.4 Å². The number of unbranched alkanes of at least 4 members (excludes halogenated alkanes) is 4. The number of fused-ring (bicyclic) bond motifs is 10. The number of hydrogen-bond donors (Lipinski definition) is 0. The van der Waals surface area contributed by atoms with Gasteiger partial charge in [-0.3, -0.25) is 0 Å². The van der Waals surface area contributed by atoms with Crippen LogP contribution in [0.25, 0.3) is 61.3 Å². The van der Waals surface area contributed by atoms with E-state index in [1.807, 2.05) is 45.3 Å². The number of benzene rings is 4. The highest BCUT2D eigenvalue weighted by molar-refractivity contribution is 7.27. The molecule has 4 heterocycles. The Morgan fingerprint density at radius 2 is 0.538 bits per heavy atom. The second kappa shape index (κ2) is 19.4. The largest absolute Gasteiger partial charge is 0.494 e. The van der Waals surface area contributed by atoms with Crippen molar-refractivity contribution in [3.63, 3.8) is 0 Å². The Balaban J connectivity index is 1.12. The summed E-state index contributed by atoms with van der Waals surface area (Å²) in [5.74, 6) is 3.71. The van der Waals surface area contributed by atoms with Crippen LogP contribution in [0, 0.1) is 0 Å². The van der Waals surface area contributed by atoms with Crippen LogP contribution in [0.3, 0.4) is 0 Å². The molecule has 8 aromatic rings. The summed E-state index contributed by atoms with van der Waals surface area (Å²) in [7, 11) is 0. The Morgan fingerprint density at radius 1 is 0.323 bits per heavy atom.